The lowest BCUT2D eigenvalue weighted by molar-refractivity contribution is -0.127. The normalized spacial score (nSPS) is 21.4. The van der Waals surface area contributed by atoms with Crippen LogP contribution >= 0.6 is 0 Å². The van der Waals surface area contributed by atoms with E-state index in [4.69, 9.17) is 0 Å². The van der Waals surface area contributed by atoms with Gasteiger partial charge in [0.2, 0.25) is 17.7 Å². The maximum atomic E-state index is 12.7. The molecule has 3 aromatic carbocycles. The van der Waals surface area contributed by atoms with E-state index in [0.717, 1.165) is 62.5 Å². The van der Waals surface area contributed by atoms with Gasteiger partial charge in [0.25, 0.3) is 23.6 Å². The van der Waals surface area contributed by atoms with Gasteiger partial charge in [-0.3, -0.25) is 38.5 Å². The highest BCUT2D eigenvalue weighted by Gasteiger charge is 2.45. The summed E-state index contributed by atoms with van der Waals surface area (Å²) in [5, 5.41) is 8.15. The zero-order valence-corrected chi connectivity index (χ0v) is 40.4. The van der Waals surface area contributed by atoms with Gasteiger partial charge in [-0.05, 0) is 107 Å². The van der Waals surface area contributed by atoms with Crippen molar-refractivity contribution < 1.29 is 33.6 Å². The number of hydrogen-bond donors (Lipinski definition) is 3. The first-order valence-corrected chi connectivity index (χ1v) is 23.1. The van der Waals surface area contributed by atoms with Crippen LogP contribution in [0.25, 0.3) is 0 Å². The van der Waals surface area contributed by atoms with Crippen LogP contribution in [-0.4, -0.2) is 74.2 Å². The van der Waals surface area contributed by atoms with Gasteiger partial charge in [-0.1, -0.05) is 120 Å². The van der Waals surface area contributed by atoms with Crippen LogP contribution in [-0.2, 0) is 43.7 Å². The molecule has 3 aromatic rings. The first-order chi connectivity index (χ1) is 31.2. The number of fused-ring (bicyclic) bond motifs is 3. The number of hydrogen-bond acceptors (Lipinski definition) is 7. The Balaban J connectivity index is 0.000000167. The summed E-state index contributed by atoms with van der Waals surface area (Å²) in [7, 11) is 0. The molecular formula is C55H68N6O7. The molecule has 3 unspecified atom stereocenters. The van der Waals surface area contributed by atoms with E-state index < -0.39 is 11.9 Å². The number of carbonyl (C=O) groups is 7. The molecule has 0 aromatic heterocycles. The summed E-state index contributed by atoms with van der Waals surface area (Å²) in [6.07, 6.45) is 3.74. The zero-order valence-electron chi connectivity index (χ0n) is 40.4. The standard InChI is InChI=1S/C18H20N2O3.2C18H22N2O2.CH4/c1-10-5-8-14(15(21)19-10)20-16(22)12-7-6-11(18(2,3)4)9-13(12)17(20)23;1-11-5-8-15(16(21)19-11)20-10-12-9-13(18(2,3)4)6-7-14(12)17(20)22;1-11-5-8-15(16(21)19-11)20-10-12-6-7-13(18(2,3)4)9-14(12)17(20)22;/h6-7,9,14H,1,5,8H2,2-4H3,(H,19,21);2*6-7,9,15H,1,5,8,10H2,2-4H3,(H,19,21);1H4. The van der Waals surface area contributed by atoms with Crippen molar-refractivity contribution in [2.24, 2.45) is 0 Å². The molecule has 7 amide bonds. The van der Waals surface area contributed by atoms with E-state index in [2.05, 4.69) is 89.4 Å². The third-order valence-corrected chi connectivity index (χ3v) is 13.4. The van der Waals surface area contributed by atoms with Gasteiger partial charge in [0, 0.05) is 41.3 Å². The first-order valence-electron chi connectivity index (χ1n) is 23.1. The lowest BCUT2D eigenvalue weighted by atomic mass is 9.85. The summed E-state index contributed by atoms with van der Waals surface area (Å²) >= 11 is 0. The van der Waals surface area contributed by atoms with E-state index in [0.29, 0.717) is 55.6 Å². The Morgan fingerprint density at radius 1 is 0.441 bits per heavy atom. The quantitative estimate of drug-likeness (QED) is 0.222. The zero-order chi connectivity index (χ0) is 49.1. The third kappa shape index (κ3) is 10.1. The topological polar surface area (TPSA) is 165 Å². The summed E-state index contributed by atoms with van der Waals surface area (Å²) < 4.78 is 0. The van der Waals surface area contributed by atoms with Gasteiger partial charge in [0.05, 0.1) is 11.1 Å². The molecule has 0 radical (unpaired) electrons. The number of amides is 7. The van der Waals surface area contributed by atoms with Gasteiger partial charge in [-0.25, -0.2) is 0 Å². The van der Waals surface area contributed by atoms with Gasteiger partial charge in [0.15, 0.2) is 0 Å². The lowest BCUT2D eigenvalue weighted by Crippen LogP contribution is -2.51. The molecule has 13 heteroatoms. The van der Waals surface area contributed by atoms with Gasteiger partial charge < -0.3 is 25.8 Å². The van der Waals surface area contributed by atoms with Crippen LogP contribution in [0.2, 0.25) is 0 Å². The fourth-order valence-corrected chi connectivity index (χ4v) is 9.24. The number of nitrogens with zero attached hydrogens (tertiary/aromatic N) is 3. The average Bonchev–Trinajstić information content (AvgIpc) is 3.84. The maximum absolute atomic E-state index is 12.7. The molecule has 0 aliphatic carbocycles. The minimum atomic E-state index is -0.758. The van der Waals surface area contributed by atoms with E-state index >= 15 is 0 Å². The Hall–Kier alpha value is -6.63. The highest BCUT2D eigenvalue weighted by Crippen LogP contribution is 2.35. The molecule has 0 spiro atoms. The van der Waals surface area contributed by atoms with Crippen LogP contribution in [0.3, 0.4) is 0 Å². The largest absolute Gasteiger partial charge is 0.329 e. The molecule has 6 aliphatic rings. The second kappa shape index (κ2) is 18.8. The molecule has 6 heterocycles. The second-order valence-corrected chi connectivity index (χ2v) is 21.5. The van der Waals surface area contributed by atoms with E-state index in [-0.39, 0.29) is 71.2 Å². The molecule has 68 heavy (non-hydrogen) atoms. The monoisotopic (exact) mass is 925 g/mol. The lowest BCUT2D eigenvalue weighted by Gasteiger charge is -2.30. The first kappa shape index (κ1) is 50.8. The Labute approximate surface area is 401 Å². The highest BCUT2D eigenvalue weighted by molar-refractivity contribution is 6.23. The Bertz CT molecular complexity index is 2620. The second-order valence-electron chi connectivity index (χ2n) is 21.5. The Morgan fingerprint density at radius 2 is 0.809 bits per heavy atom. The van der Waals surface area contributed by atoms with Gasteiger partial charge in [-0.2, -0.15) is 0 Å². The molecule has 3 saturated heterocycles. The van der Waals surface area contributed by atoms with Gasteiger partial charge in [0.1, 0.15) is 18.1 Å². The molecule has 3 fully saturated rings. The summed E-state index contributed by atoms with van der Waals surface area (Å²) in [6, 6.07) is 15.9. The smallest absolute Gasteiger partial charge is 0.262 e. The number of piperidine rings is 3. The molecule has 6 aliphatic heterocycles. The molecule has 0 saturated carbocycles. The molecule has 0 bridgehead atoms. The average molecular weight is 925 g/mol. The fourth-order valence-electron chi connectivity index (χ4n) is 9.24. The van der Waals surface area contributed by atoms with Crippen LogP contribution in [0.4, 0.5) is 0 Å². The van der Waals surface area contributed by atoms with Crippen LogP contribution in [0.5, 0.6) is 0 Å². The van der Waals surface area contributed by atoms with E-state index in [1.54, 1.807) is 21.9 Å². The summed E-state index contributed by atoms with van der Waals surface area (Å²) in [5.41, 5.74) is 9.63. The molecule has 13 nitrogen and oxygen atoms in total. The maximum Gasteiger partial charge on any atom is 0.262 e. The number of carbonyl (C=O) groups excluding carboxylic acids is 7. The van der Waals surface area contributed by atoms with Gasteiger partial charge in [-0.15, -0.1) is 0 Å². The van der Waals surface area contributed by atoms with Crippen molar-refractivity contribution in [2.75, 3.05) is 0 Å². The van der Waals surface area contributed by atoms with Crippen molar-refractivity contribution in [3.05, 3.63) is 141 Å². The van der Waals surface area contributed by atoms with Crippen LogP contribution < -0.4 is 16.0 Å². The molecule has 9 rings (SSSR count). The number of imide groups is 1. The van der Waals surface area contributed by atoms with Crippen molar-refractivity contribution in [1.29, 1.82) is 0 Å². The van der Waals surface area contributed by atoms with Crippen LogP contribution in [0.1, 0.15) is 178 Å². The highest BCUT2D eigenvalue weighted by atomic mass is 16.2. The minimum Gasteiger partial charge on any atom is -0.329 e. The van der Waals surface area contributed by atoms with E-state index in [1.165, 1.54) is 5.56 Å². The Morgan fingerprint density at radius 3 is 1.26 bits per heavy atom. The van der Waals surface area contributed by atoms with Crippen LogP contribution in [0.15, 0.2) is 91.4 Å². The summed E-state index contributed by atoms with van der Waals surface area (Å²) in [4.78, 5) is 91.6. The van der Waals surface area contributed by atoms with Crippen molar-refractivity contribution >= 4 is 41.4 Å². The number of rotatable bonds is 3. The van der Waals surface area contributed by atoms with Crippen molar-refractivity contribution in [1.82, 2.24) is 30.7 Å². The summed E-state index contributed by atoms with van der Waals surface area (Å²) in [6.45, 7) is 31.3. The Kier molecular flexibility index (Phi) is 14.0. The molecule has 360 valence electrons. The van der Waals surface area contributed by atoms with Crippen molar-refractivity contribution in [2.45, 2.75) is 156 Å². The summed E-state index contributed by atoms with van der Waals surface area (Å²) in [5.74, 6) is -1.42. The molecule has 3 atom stereocenters. The predicted molar refractivity (Wildman–Crippen MR) is 263 cm³/mol. The number of allylic oxidation sites excluding steroid dienone is 3. The predicted octanol–water partition coefficient (Wildman–Crippen LogP) is 8.47. The minimum absolute atomic E-state index is 0. The number of nitrogens with one attached hydrogen (secondary N) is 3. The van der Waals surface area contributed by atoms with Crippen molar-refractivity contribution in [3.8, 4) is 0 Å². The van der Waals surface area contributed by atoms with Gasteiger partial charge >= 0.3 is 0 Å². The van der Waals surface area contributed by atoms with Crippen molar-refractivity contribution in [3.63, 3.8) is 0 Å². The van der Waals surface area contributed by atoms with E-state index in [1.807, 2.05) is 51.1 Å². The molecule has 3 N–H and O–H groups in total. The molecular weight excluding hydrogens is 857 g/mol. The van der Waals surface area contributed by atoms with E-state index in [9.17, 15) is 33.6 Å². The van der Waals surface area contributed by atoms with Crippen LogP contribution in [0, 0.1) is 0 Å². The fraction of sp³-hybridized carbons (Fsp3) is 0.436. The number of benzene rings is 3. The third-order valence-electron chi connectivity index (χ3n) is 13.4. The SMILES string of the molecule is C.C=C1CCC(N2C(=O)c3ccc(C(C)(C)C)cc3C2=O)C(=O)N1.C=C1CCC(N2Cc3cc(C(C)(C)C)ccc3C2=O)C(=O)N1.C=C1CCC(N2Cc3ccc(C(C)(C)C)cc3C2=O)C(=O)N1.